The van der Waals surface area contributed by atoms with E-state index in [1.807, 2.05) is 28.2 Å². The molecule has 4 atom stereocenters. The first-order chi connectivity index (χ1) is 13.0. The van der Waals surface area contributed by atoms with Crippen LogP contribution in [0.3, 0.4) is 0 Å². The van der Waals surface area contributed by atoms with Crippen molar-refractivity contribution >= 4 is 5.91 Å². The van der Waals surface area contributed by atoms with E-state index in [0.717, 1.165) is 37.0 Å². The number of carbonyl (C=O) groups is 1. The summed E-state index contributed by atoms with van der Waals surface area (Å²) in [6, 6.07) is 9.88. The van der Waals surface area contributed by atoms with Gasteiger partial charge in [0.15, 0.2) is 6.04 Å². The average molecular weight is 368 g/mol. The van der Waals surface area contributed by atoms with Crippen molar-refractivity contribution in [3.63, 3.8) is 0 Å². The summed E-state index contributed by atoms with van der Waals surface area (Å²) >= 11 is 0. The van der Waals surface area contributed by atoms with Gasteiger partial charge < -0.3 is 14.8 Å². The Morgan fingerprint density at radius 2 is 1.85 bits per heavy atom. The van der Waals surface area contributed by atoms with Crippen molar-refractivity contribution in [2.45, 2.75) is 57.8 Å². The van der Waals surface area contributed by atoms with Crippen molar-refractivity contribution < 1.29 is 14.7 Å². The molecule has 2 aliphatic heterocycles. The standard InChI is InChI=1S/C22H28N2O3/c1-22(2)23(12-14-6-4-3-5-7-14)21(26)20-17-9-8-15-16(18(15)13-25)10-11-19(17)27-24(20)22/h3-7,15-16,18,20,25H,8-13H2,1-2H3/t15-,16+,18-,20?/m1/s1. The van der Waals surface area contributed by atoms with Crippen LogP contribution >= 0.6 is 0 Å². The largest absolute Gasteiger partial charge is 0.407 e. The number of hydroxylamine groups is 2. The highest BCUT2D eigenvalue weighted by molar-refractivity contribution is 5.88. The summed E-state index contributed by atoms with van der Waals surface area (Å²) in [4.78, 5) is 21.7. The van der Waals surface area contributed by atoms with Crippen molar-refractivity contribution in [1.82, 2.24) is 9.96 Å². The summed E-state index contributed by atoms with van der Waals surface area (Å²) in [7, 11) is 0. The van der Waals surface area contributed by atoms with Gasteiger partial charge >= 0.3 is 0 Å². The monoisotopic (exact) mass is 368 g/mol. The Morgan fingerprint density at radius 1 is 1.15 bits per heavy atom. The molecule has 5 nitrogen and oxygen atoms in total. The molecule has 2 aliphatic carbocycles. The molecule has 0 spiro atoms. The van der Waals surface area contributed by atoms with Gasteiger partial charge in [0.25, 0.3) is 0 Å². The van der Waals surface area contributed by atoms with Crippen LogP contribution in [0.2, 0.25) is 0 Å². The van der Waals surface area contributed by atoms with Crippen LogP contribution in [0.4, 0.5) is 0 Å². The van der Waals surface area contributed by atoms with E-state index in [0.29, 0.717) is 30.9 Å². The van der Waals surface area contributed by atoms with Gasteiger partial charge in [-0.15, -0.1) is 5.06 Å². The van der Waals surface area contributed by atoms with Gasteiger partial charge in [0.05, 0.1) is 0 Å². The van der Waals surface area contributed by atoms with Crippen LogP contribution in [-0.2, 0) is 16.2 Å². The minimum Gasteiger partial charge on any atom is -0.407 e. The van der Waals surface area contributed by atoms with Crippen molar-refractivity contribution in [2.75, 3.05) is 6.61 Å². The van der Waals surface area contributed by atoms with Gasteiger partial charge in [0, 0.05) is 25.1 Å². The maximum atomic E-state index is 13.4. The van der Waals surface area contributed by atoms with Crippen LogP contribution in [-0.4, -0.2) is 39.3 Å². The van der Waals surface area contributed by atoms with Gasteiger partial charge in [-0.1, -0.05) is 30.3 Å². The first-order valence-corrected chi connectivity index (χ1v) is 10.2. The van der Waals surface area contributed by atoms with Crippen molar-refractivity contribution in [3.8, 4) is 0 Å². The molecule has 2 heterocycles. The Hall–Kier alpha value is -1.85. The van der Waals surface area contributed by atoms with Crippen molar-refractivity contribution in [2.24, 2.45) is 17.8 Å². The van der Waals surface area contributed by atoms with Gasteiger partial charge in [-0.2, -0.15) is 0 Å². The van der Waals surface area contributed by atoms with Crippen LogP contribution < -0.4 is 0 Å². The molecule has 0 aromatic heterocycles. The second-order valence-corrected chi connectivity index (χ2v) is 8.92. The highest BCUT2D eigenvalue weighted by Crippen LogP contribution is 2.56. The molecule has 2 fully saturated rings. The molecule has 0 radical (unpaired) electrons. The third-order valence-electron chi connectivity index (χ3n) is 7.19. The third kappa shape index (κ3) is 2.55. The fraction of sp³-hybridized carbons (Fsp3) is 0.591. The summed E-state index contributed by atoms with van der Waals surface area (Å²) < 4.78 is 0. The maximum Gasteiger partial charge on any atom is 0.249 e. The van der Waals surface area contributed by atoms with E-state index in [1.54, 1.807) is 0 Å². The lowest BCUT2D eigenvalue weighted by Gasteiger charge is -2.36. The number of allylic oxidation sites excluding steroid dienone is 1. The Balaban J connectivity index is 1.39. The van der Waals surface area contributed by atoms with Crippen LogP contribution in [0, 0.1) is 17.8 Å². The van der Waals surface area contributed by atoms with Crippen molar-refractivity contribution in [3.05, 3.63) is 47.2 Å². The Kier molecular flexibility index (Phi) is 3.89. The van der Waals surface area contributed by atoms with E-state index in [4.69, 9.17) is 4.84 Å². The molecule has 1 N–H and O–H groups in total. The van der Waals surface area contributed by atoms with Crippen LogP contribution in [0.1, 0.15) is 45.1 Å². The highest BCUT2D eigenvalue weighted by Gasteiger charge is 2.59. The lowest BCUT2D eigenvalue weighted by molar-refractivity contribution is -0.188. The summed E-state index contributed by atoms with van der Waals surface area (Å²) in [5.74, 6) is 2.90. The number of carbonyl (C=O) groups excluding carboxylic acids is 1. The second kappa shape index (κ2) is 6.08. The summed E-state index contributed by atoms with van der Waals surface area (Å²) in [5, 5.41) is 11.5. The molecule has 4 aliphatic rings. The molecule has 1 saturated carbocycles. The van der Waals surface area contributed by atoms with Gasteiger partial charge in [-0.25, -0.2) is 0 Å². The van der Waals surface area contributed by atoms with Crippen LogP contribution in [0.5, 0.6) is 0 Å². The zero-order valence-electron chi connectivity index (χ0n) is 16.1. The molecule has 1 unspecified atom stereocenters. The van der Waals surface area contributed by atoms with Crippen molar-refractivity contribution in [1.29, 1.82) is 0 Å². The molecule has 0 bridgehead atoms. The Labute approximate surface area is 160 Å². The molecule has 1 saturated heterocycles. The maximum absolute atomic E-state index is 13.4. The van der Waals surface area contributed by atoms with Gasteiger partial charge in [0.1, 0.15) is 11.4 Å². The lowest BCUT2D eigenvalue weighted by Crippen LogP contribution is -2.48. The quantitative estimate of drug-likeness (QED) is 0.891. The highest BCUT2D eigenvalue weighted by atomic mass is 16.7. The molecule has 1 amide bonds. The van der Waals surface area contributed by atoms with E-state index in [-0.39, 0.29) is 11.9 Å². The molecule has 1 aromatic rings. The SMILES string of the molecule is CC1(C)N(Cc2ccccc2)C(=O)C2C3=C(CC[C@@H]4[C@H](CO)[C@@H]4CC3)ON21. The zero-order valence-corrected chi connectivity index (χ0v) is 16.1. The van der Waals surface area contributed by atoms with Gasteiger partial charge in [-0.3, -0.25) is 4.79 Å². The number of aliphatic hydroxyl groups is 1. The number of rotatable bonds is 3. The fourth-order valence-electron chi connectivity index (χ4n) is 5.53. The second-order valence-electron chi connectivity index (χ2n) is 8.92. The first kappa shape index (κ1) is 17.3. The number of nitrogens with zero attached hydrogens (tertiary/aromatic N) is 2. The number of hydrogen-bond acceptors (Lipinski definition) is 4. The lowest BCUT2D eigenvalue weighted by atomic mass is 9.94. The molecular weight excluding hydrogens is 340 g/mol. The fourth-order valence-corrected chi connectivity index (χ4v) is 5.53. The number of fused-ring (bicyclic) bond motifs is 3. The minimum absolute atomic E-state index is 0.153. The van der Waals surface area contributed by atoms with Crippen LogP contribution in [0.15, 0.2) is 41.7 Å². The summed E-state index contributed by atoms with van der Waals surface area (Å²) in [6.07, 6.45) is 3.93. The first-order valence-electron chi connectivity index (χ1n) is 10.2. The molecule has 144 valence electrons. The molecule has 27 heavy (non-hydrogen) atoms. The Bertz CT molecular complexity index is 788. The minimum atomic E-state index is -0.477. The van der Waals surface area contributed by atoms with E-state index in [2.05, 4.69) is 26.0 Å². The predicted octanol–water partition coefficient (Wildman–Crippen LogP) is 3.06. The third-order valence-corrected chi connectivity index (χ3v) is 7.19. The number of aliphatic hydroxyl groups excluding tert-OH is 1. The summed E-state index contributed by atoms with van der Waals surface area (Å²) in [5.41, 5.74) is 1.85. The van der Waals surface area contributed by atoms with Crippen LogP contribution in [0.25, 0.3) is 0 Å². The molecule has 1 aromatic carbocycles. The van der Waals surface area contributed by atoms with E-state index < -0.39 is 5.66 Å². The zero-order chi connectivity index (χ0) is 18.8. The van der Waals surface area contributed by atoms with E-state index in [1.165, 1.54) is 5.57 Å². The number of hydrogen-bond donors (Lipinski definition) is 1. The number of amides is 1. The van der Waals surface area contributed by atoms with Gasteiger partial charge in [-0.05, 0) is 56.4 Å². The number of benzene rings is 1. The smallest absolute Gasteiger partial charge is 0.249 e. The average Bonchev–Trinajstić information content (AvgIpc) is 3.13. The summed E-state index contributed by atoms with van der Waals surface area (Å²) in [6.45, 7) is 5.05. The molecular formula is C22H28N2O3. The molecule has 5 rings (SSSR count). The Morgan fingerprint density at radius 3 is 2.56 bits per heavy atom. The van der Waals surface area contributed by atoms with E-state index >= 15 is 0 Å². The topological polar surface area (TPSA) is 53.0 Å². The molecule has 5 heteroatoms. The van der Waals surface area contributed by atoms with E-state index in [9.17, 15) is 9.90 Å². The normalized spacial score (nSPS) is 34.5. The van der Waals surface area contributed by atoms with Gasteiger partial charge in [0.2, 0.25) is 5.91 Å². The predicted molar refractivity (Wildman–Crippen MR) is 101 cm³/mol.